The van der Waals surface area contributed by atoms with Crippen LogP contribution in [-0.2, 0) is 0 Å². The highest BCUT2D eigenvalue weighted by molar-refractivity contribution is 9.10. The van der Waals surface area contributed by atoms with Crippen molar-refractivity contribution in [3.63, 3.8) is 0 Å². The number of aliphatic hydroxyl groups excluding tert-OH is 1. The van der Waals surface area contributed by atoms with Gasteiger partial charge in [-0.25, -0.2) is 8.78 Å². The van der Waals surface area contributed by atoms with E-state index in [-0.39, 0.29) is 23.7 Å². The van der Waals surface area contributed by atoms with Gasteiger partial charge >= 0.3 is 0 Å². The Morgan fingerprint density at radius 2 is 1.89 bits per heavy atom. The normalized spacial score (nSPS) is 10.9. The van der Waals surface area contributed by atoms with Crippen molar-refractivity contribution in [2.24, 2.45) is 0 Å². The summed E-state index contributed by atoms with van der Waals surface area (Å²) in [5.41, 5.74) is -0.560. The Balaban J connectivity index is 3.09. The van der Waals surface area contributed by atoms with Crippen molar-refractivity contribution in [1.82, 2.24) is 4.90 Å². The first-order chi connectivity index (χ1) is 8.88. The second-order valence-electron chi connectivity index (χ2n) is 4.41. The quantitative estimate of drug-likeness (QED) is 0.898. The van der Waals surface area contributed by atoms with Crippen molar-refractivity contribution >= 4 is 21.8 Å². The molecule has 0 atom stereocenters. The molecule has 0 bridgehead atoms. The van der Waals surface area contributed by atoms with Gasteiger partial charge in [0.2, 0.25) is 0 Å². The van der Waals surface area contributed by atoms with E-state index in [9.17, 15) is 13.6 Å². The molecule has 0 unspecified atom stereocenters. The summed E-state index contributed by atoms with van der Waals surface area (Å²) in [4.78, 5) is 13.5. The van der Waals surface area contributed by atoms with Gasteiger partial charge in [-0.15, -0.1) is 0 Å². The van der Waals surface area contributed by atoms with Gasteiger partial charge in [0.25, 0.3) is 5.91 Å². The molecule has 1 aromatic carbocycles. The number of benzene rings is 1. The van der Waals surface area contributed by atoms with Crippen LogP contribution in [0.3, 0.4) is 0 Å². The standard InChI is InChI=1S/C13H16BrF2NO2/c1-8(2)17(4-3-5-18)13(19)12-10(15)6-9(14)7-11(12)16/h6-8,18H,3-5H2,1-2H3. The zero-order chi connectivity index (χ0) is 14.6. The van der Waals surface area contributed by atoms with E-state index in [2.05, 4.69) is 15.9 Å². The molecule has 6 heteroatoms. The van der Waals surface area contributed by atoms with Gasteiger partial charge in [0, 0.05) is 23.7 Å². The molecule has 0 aliphatic carbocycles. The molecule has 0 saturated carbocycles. The van der Waals surface area contributed by atoms with Gasteiger partial charge in [0.05, 0.1) is 0 Å². The average molecular weight is 336 g/mol. The SMILES string of the molecule is CC(C)N(CCCO)C(=O)c1c(F)cc(Br)cc1F. The second kappa shape index (κ2) is 6.96. The fraction of sp³-hybridized carbons (Fsp3) is 0.462. The molecule has 0 radical (unpaired) electrons. The van der Waals surface area contributed by atoms with E-state index in [0.717, 1.165) is 12.1 Å². The molecule has 1 amide bonds. The summed E-state index contributed by atoms with van der Waals surface area (Å²) in [5, 5.41) is 8.80. The van der Waals surface area contributed by atoms with E-state index in [4.69, 9.17) is 5.11 Å². The third-order valence-electron chi connectivity index (χ3n) is 2.66. The van der Waals surface area contributed by atoms with E-state index < -0.39 is 23.1 Å². The molecule has 19 heavy (non-hydrogen) atoms. The van der Waals surface area contributed by atoms with Crippen LogP contribution >= 0.6 is 15.9 Å². The molecular weight excluding hydrogens is 320 g/mol. The zero-order valence-electron chi connectivity index (χ0n) is 10.8. The largest absolute Gasteiger partial charge is 0.396 e. The predicted octanol–water partition coefficient (Wildman–Crippen LogP) is 2.96. The topological polar surface area (TPSA) is 40.5 Å². The summed E-state index contributed by atoms with van der Waals surface area (Å²) in [6.45, 7) is 3.68. The van der Waals surface area contributed by atoms with Crippen LogP contribution in [0.15, 0.2) is 16.6 Å². The summed E-state index contributed by atoms with van der Waals surface area (Å²) in [6.07, 6.45) is 0.365. The van der Waals surface area contributed by atoms with Crippen LogP contribution < -0.4 is 0 Å². The van der Waals surface area contributed by atoms with E-state index >= 15 is 0 Å². The third-order valence-corrected chi connectivity index (χ3v) is 3.12. The minimum absolute atomic E-state index is 0.0815. The van der Waals surface area contributed by atoms with Crippen LogP contribution in [0.1, 0.15) is 30.6 Å². The first-order valence-electron chi connectivity index (χ1n) is 5.94. The van der Waals surface area contributed by atoms with E-state index in [1.54, 1.807) is 13.8 Å². The van der Waals surface area contributed by atoms with Gasteiger partial charge in [-0.1, -0.05) is 15.9 Å². The van der Waals surface area contributed by atoms with Crippen molar-refractivity contribution in [2.45, 2.75) is 26.3 Å². The highest BCUT2D eigenvalue weighted by atomic mass is 79.9. The minimum atomic E-state index is -0.897. The second-order valence-corrected chi connectivity index (χ2v) is 5.33. The maximum atomic E-state index is 13.7. The molecule has 0 aromatic heterocycles. The fourth-order valence-corrected chi connectivity index (χ4v) is 2.13. The van der Waals surface area contributed by atoms with Crippen LogP contribution in [0.5, 0.6) is 0 Å². The zero-order valence-corrected chi connectivity index (χ0v) is 12.4. The molecular formula is C13H16BrF2NO2. The summed E-state index contributed by atoms with van der Waals surface area (Å²) < 4.78 is 27.7. The molecule has 1 rings (SSSR count). The lowest BCUT2D eigenvalue weighted by Gasteiger charge is -2.27. The molecule has 1 N–H and O–H groups in total. The Bertz CT molecular complexity index is 443. The van der Waals surface area contributed by atoms with Crippen molar-refractivity contribution in [1.29, 1.82) is 0 Å². The van der Waals surface area contributed by atoms with Crippen LogP contribution in [0.2, 0.25) is 0 Å². The van der Waals surface area contributed by atoms with Gasteiger partial charge < -0.3 is 10.0 Å². The lowest BCUT2D eigenvalue weighted by molar-refractivity contribution is 0.0683. The summed E-state index contributed by atoms with van der Waals surface area (Å²) in [6, 6.07) is 1.91. The summed E-state index contributed by atoms with van der Waals surface area (Å²) in [5.74, 6) is -2.50. The number of amides is 1. The highest BCUT2D eigenvalue weighted by Gasteiger charge is 2.25. The summed E-state index contributed by atoms with van der Waals surface area (Å²) >= 11 is 2.97. The molecule has 0 saturated heterocycles. The lowest BCUT2D eigenvalue weighted by atomic mass is 10.1. The number of carbonyl (C=O) groups excluding carboxylic acids is 1. The fourth-order valence-electron chi connectivity index (χ4n) is 1.73. The molecule has 0 fully saturated rings. The molecule has 106 valence electrons. The Hall–Kier alpha value is -1.01. The minimum Gasteiger partial charge on any atom is -0.396 e. The van der Waals surface area contributed by atoms with Crippen molar-refractivity contribution in [3.8, 4) is 0 Å². The monoisotopic (exact) mass is 335 g/mol. The number of halogens is 3. The predicted molar refractivity (Wildman–Crippen MR) is 71.9 cm³/mol. The third kappa shape index (κ3) is 3.98. The smallest absolute Gasteiger partial charge is 0.260 e. The van der Waals surface area contributed by atoms with Gasteiger partial charge in [0.15, 0.2) is 0 Å². The molecule has 1 aromatic rings. The molecule has 0 heterocycles. The first kappa shape index (κ1) is 16.0. The highest BCUT2D eigenvalue weighted by Crippen LogP contribution is 2.21. The summed E-state index contributed by atoms with van der Waals surface area (Å²) in [7, 11) is 0. The lowest BCUT2D eigenvalue weighted by Crippen LogP contribution is -2.39. The Morgan fingerprint density at radius 1 is 1.37 bits per heavy atom. The van der Waals surface area contributed by atoms with E-state index in [1.807, 2.05) is 0 Å². The van der Waals surface area contributed by atoms with Gasteiger partial charge in [-0.05, 0) is 32.4 Å². The number of hydrogen-bond donors (Lipinski definition) is 1. The van der Waals surface area contributed by atoms with Gasteiger partial charge in [0.1, 0.15) is 17.2 Å². The van der Waals surface area contributed by atoms with Gasteiger partial charge in [-0.3, -0.25) is 4.79 Å². The number of carbonyl (C=O) groups is 1. The maximum absolute atomic E-state index is 13.7. The maximum Gasteiger partial charge on any atom is 0.260 e. The van der Waals surface area contributed by atoms with E-state index in [1.165, 1.54) is 4.90 Å². The van der Waals surface area contributed by atoms with E-state index in [0.29, 0.717) is 6.42 Å². The van der Waals surface area contributed by atoms with Crippen LogP contribution in [0.4, 0.5) is 8.78 Å². The van der Waals surface area contributed by atoms with Crippen molar-refractivity contribution in [3.05, 3.63) is 33.8 Å². The Kier molecular flexibility index (Phi) is 5.87. The van der Waals surface area contributed by atoms with Crippen molar-refractivity contribution < 1.29 is 18.7 Å². The van der Waals surface area contributed by atoms with Crippen LogP contribution in [-0.4, -0.2) is 35.1 Å². The molecule has 0 aliphatic heterocycles. The molecule has 0 spiro atoms. The Morgan fingerprint density at radius 3 is 2.32 bits per heavy atom. The number of rotatable bonds is 5. The average Bonchev–Trinajstić information content (AvgIpc) is 2.27. The number of nitrogens with zero attached hydrogens (tertiary/aromatic N) is 1. The molecule has 0 aliphatic rings. The van der Waals surface area contributed by atoms with Crippen molar-refractivity contribution in [2.75, 3.05) is 13.2 Å². The van der Waals surface area contributed by atoms with Crippen LogP contribution in [0, 0.1) is 11.6 Å². The van der Waals surface area contributed by atoms with Gasteiger partial charge in [-0.2, -0.15) is 0 Å². The molecule has 3 nitrogen and oxygen atoms in total. The first-order valence-corrected chi connectivity index (χ1v) is 6.74. The Labute approximate surface area is 119 Å². The number of aliphatic hydroxyl groups is 1. The van der Waals surface area contributed by atoms with Crippen LogP contribution in [0.25, 0.3) is 0 Å². The number of hydrogen-bond acceptors (Lipinski definition) is 2.